The molecule has 1 aromatic carbocycles. The van der Waals surface area contributed by atoms with Crippen molar-refractivity contribution in [3.63, 3.8) is 0 Å². The normalized spacial score (nSPS) is 13.4. The summed E-state index contributed by atoms with van der Waals surface area (Å²) in [7, 11) is -3.48. The molecule has 0 fully saturated rings. The summed E-state index contributed by atoms with van der Waals surface area (Å²) < 4.78 is 91.1. The van der Waals surface area contributed by atoms with Crippen molar-refractivity contribution in [2.75, 3.05) is 11.6 Å². The molecule has 0 saturated carbocycles. The molecule has 7 nitrogen and oxygen atoms in total. The Labute approximate surface area is 207 Å². The first kappa shape index (κ1) is 26.2. The monoisotopic (exact) mass is 538 g/mol. The van der Waals surface area contributed by atoms with Crippen LogP contribution in [0.25, 0.3) is 22.1 Å². The van der Waals surface area contributed by atoms with E-state index in [0.29, 0.717) is 0 Å². The smallest absolute Gasteiger partial charge is 0.327 e. The van der Waals surface area contributed by atoms with Crippen molar-refractivity contribution in [2.24, 2.45) is 4.36 Å². The lowest BCUT2D eigenvalue weighted by atomic mass is 10.0. The van der Waals surface area contributed by atoms with Gasteiger partial charge in [-0.25, -0.2) is 23.0 Å². The topological polar surface area (TPSA) is 97.5 Å². The van der Waals surface area contributed by atoms with Crippen molar-refractivity contribution in [3.8, 4) is 11.1 Å². The quantitative estimate of drug-likeness (QED) is 0.222. The number of amides is 1. The number of furan rings is 1. The van der Waals surface area contributed by atoms with E-state index in [1.165, 1.54) is 30.5 Å². The van der Waals surface area contributed by atoms with E-state index in [1.807, 2.05) is 0 Å². The number of fused-ring (bicyclic) bond motifs is 1. The number of pyridine rings is 2. The van der Waals surface area contributed by atoms with Gasteiger partial charge in [0.1, 0.15) is 28.9 Å². The van der Waals surface area contributed by atoms with Crippen LogP contribution in [0, 0.1) is 17.6 Å². The first-order chi connectivity index (χ1) is 17.4. The fraction of sp³-hybridized carbons (Fsp3) is 0.208. The molecule has 1 atom stereocenters. The maximum atomic E-state index is 14.6. The first-order valence-electron chi connectivity index (χ1n) is 10.8. The van der Waals surface area contributed by atoms with E-state index < -0.39 is 51.3 Å². The predicted octanol–water partition coefficient (Wildman–Crippen LogP) is 6.22. The highest BCUT2D eigenvalue weighted by Crippen LogP contribution is 2.34. The van der Waals surface area contributed by atoms with Crippen LogP contribution in [0.3, 0.4) is 0 Å². The third-order valence-corrected chi connectivity index (χ3v) is 6.71. The molecule has 13 heteroatoms. The SMILES string of the molecule is CCC(F)(F)C(=O)N=S(C)(=O)Cc1cc(F)nc(Nc2cc(-c3ccc(F)c4ccoc34)c(F)cn2)c1. The summed E-state index contributed by atoms with van der Waals surface area (Å²) in [6.07, 6.45) is 2.36. The largest absolute Gasteiger partial charge is 0.464 e. The zero-order valence-electron chi connectivity index (χ0n) is 19.4. The van der Waals surface area contributed by atoms with Crippen LogP contribution >= 0.6 is 0 Å². The number of halogens is 5. The van der Waals surface area contributed by atoms with Gasteiger partial charge in [0.2, 0.25) is 5.95 Å². The Morgan fingerprint density at radius 1 is 1.08 bits per heavy atom. The van der Waals surface area contributed by atoms with Crippen molar-refractivity contribution in [1.29, 1.82) is 0 Å². The summed E-state index contributed by atoms with van der Waals surface area (Å²) in [6.45, 7) is 1.09. The van der Waals surface area contributed by atoms with Gasteiger partial charge in [-0.1, -0.05) is 6.92 Å². The molecular weight excluding hydrogens is 519 g/mol. The highest BCUT2D eigenvalue weighted by Gasteiger charge is 2.37. The van der Waals surface area contributed by atoms with Crippen LogP contribution < -0.4 is 5.32 Å². The third kappa shape index (κ3) is 5.77. The maximum absolute atomic E-state index is 14.6. The summed E-state index contributed by atoms with van der Waals surface area (Å²) in [5.41, 5.74) is 0.432. The summed E-state index contributed by atoms with van der Waals surface area (Å²) in [5.74, 6) is -8.46. The number of nitrogens with one attached hydrogen (secondary N) is 1. The van der Waals surface area contributed by atoms with Crippen LogP contribution in [-0.2, 0) is 20.3 Å². The Morgan fingerprint density at radius 3 is 2.57 bits per heavy atom. The Bertz CT molecular complexity index is 1630. The zero-order valence-corrected chi connectivity index (χ0v) is 20.2. The van der Waals surface area contributed by atoms with Crippen LogP contribution in [0.1, 0.15) is 18.9 Å². The van der Waals surface area contributed by atoms with Crippen molar-refractivity contribution in [2.45, 2.75) is 25.0 Å². The van der Waals surface area contributed by atoms with Gasteiger partial charge in [-0.3, -0.25) is 4.79 Å². The number of aromatic nitrogens is 2. The van der Waals surface area contributed by atoms with E-state index >= 15 is 0 Å². The van der Waals surface area contributed by atoms with Gasteiger partial charge < -0.3 is 9.73 Å². The maximum Gasteiger partial charge on any atom is 0.327 e. The highest BCUT2D eigenvalue weighted by molar-refractivity contribution is 7.92. The van der Waals surface area contributed by atoms with E-state index in [2.05, 4.69) is 19.6 Å². The molecule has 0 saturated heterocycles. The van der Waals surface area contributed by atoms with Gasteiger partial charge in [0.05, 0.1) is 33.3 Å². The minimum atomic E-state index is -3.76. The molecule has 0 spiro atoms. The number of alkyl halides is 2. The van der Waals surface area contributed by atoms with E-state index in [4.69, 9.17) is 4.42 Å². The average Bonchev–Trinajstić information content (AvgIpc) is 3.31. The van der Waals surface area contributed by atoms with Crippen LogP contribution in [0.5, 0.6) is 0 Å². The minimum absolute atomic E-state index is 0.0137. The Kier molecular flexibility index (Phi) is 7.00. The van der Waals surface area contributed by atoms with Crippen molar-refractivity contribution >= 4 is 38.2 Å². The number of hydrogen-bond acceptors (Lipinski definition) is 6. The molecule has 0 aliphatic heterocycles. The second kappa shape index (κ2) is 9.88. The second-order valence-electron chi connectivity index (χ2n) is 8.17. The van der Waals surface area contributed by atoms with Crippen molar-refractivity contribution < 1.29 is 35.4 Å². The molecule has 3 heterocycles. The molecule has 0 bridgehead atoms. The molecule has 37 heavy (non-hydrogen) atoms. The van der Waals surface area contributed by atoms with Gasteiger partial charge in [-0.15, -0.1) is 0 Å². The number of hydrogen-bond donors (Lipinski definition) is 1. The number of rotatable bonds is 7. The molecule has 1 amide bonds. The third-order valence-electron chi connectivity index (χ3n) is 5.29. The molecule has 0 radical (unpaired) electrons. The molecule has 194 valence electrons. The number of nitrogens with zero attached hydrogens (tertiary/aromatic N) is 3. The molecule has 4 rings (SSSR count). The standard InChI is InChI=1S/C24H19F5N4O3S/c1-3-24(28,29)23(34)33-37(2,35)12-13-8-19(27)31-21(9-13)32-20-10-16(18(26)11-30-20)14-4-5-17(25)15-6-7-36-22(14)15/h4-11H,3,12H2,1-2H3,(H,30,31,32). The number of anilines is 2. The Hall–Kier alpha value is -3.87. The second-order valence-corrected chi connectivity index (χ2v) is 10.6. The van der Waals surface area contributed by atoms with E-state index in [0.717, 1.165) is 31.5 Å². The van der Waals surface area contributed by atoms with Gasteiger partial charge >= 0.3 is 11.8 Å². The molecule has 1 unspecified atom stereocenters. The van der Waals surface area contributed by atoms with E-state index in [-0.39, 0.29) is 39.3 Å². The van der Waals surface area contributed by atoms with Gasteiger partial charge in [0.25, 0.3) is 0 Å². The molecule has 1 N–H and O–H groups in total. The molecule has 0 aliphatic rings. The van der Waals surface area contributed by atoms with E-state index in [9.17, 15) is 31.0 Å². The lowest BCUT2D eigenvalue weighted by Gasteiger charge is -2.12. The van der Waals surface area contributed by atoms with Crippen LogP contribution in [-0.4, -0.2) is 32.3 Å². The zero-order chi connectivity index (χ0) is 27.0. The van der Waals surface area contributed by atoms with E-state index in [1.54, 1.807) is 0 Å². The summed E-state index contributed by atoms with van der Waals surface area (Å²) >= 11 is 0. The van der Waals surface area contributed by atoms with Crippen LogP contribution in [0.4, 0.5) is 33.6 Å². The number of carbonyl (C=O) groups excluding carboxylic acids is 1. The Balaban J connectivity index is 1.64. The van der Waals surface area contributed by atoms with Crippen molar-refractivity contribution in [1.82, 2.24) is 9.97 Å². The first-order valence-corrected chi connectivity index (χ1v) is 12.8. The van der Waals surface area contributed by atoms with Gasteiger partial charge in [-0.05, 0) is 42.0 Å². The van der Waals surface area contributed by atoms with Crippen LogP contribution in [0.2, 0.25) is 0 Å². The summed E-state index contributed by atoms with van der Waals surface area (Å²) in [5, 5.41) is 2.85. The average molecular weight is 538 g/mol. The lowest BCUT2D eigenvalue weighted by molar-refractivity contribution is -0.141. The van der Waals surface area contributed by atoms with Crippen molar-refractivity contribution in [3.05, 3.63) is 72.0 Å². The fourth-order valence-corrected chi connectivity index (χ4v) is 4.85. The number of benzene rings is 1. The lowest BCUT2D eigenvalue weighted by Crippen LogP contribution is -2.27. The summed E-state index contributed by atoms with van der Waals surface area (Å²) in [4.78, 5) is 19.2. The minimum Gasteiger partial charge on any atom is -0.464 e. The molecule has 0 aliphatic carbocycles. The van der Waals surface area contributed by atoms with Gasteiger partial charge in [-0.2, -0.15) is 17.5 Å². The van der Waals surface area contributed by atoms with Gasteiger partial charge in [0.15, 0.2) is 0 Å². The highest BCUT2D eigenvalue weighted by atomic mass is 32.2. The number of carbonyl (C=O) groups is 1. The Morgan fingerprint density at radius 2 is 1.84 bits per heavy atom. The molecular formula is C24H19F5N4O3S. The fourth-order valence-electron chi connectivity index (χ4n) is 3.52. The van der Waals surface area contributed by atoms with Crippen LogP contribution in [0.15, 0.2) is 57.6 Å². The van der Waals surface area contributed by atoms with Gasteiger partial charge in [0, 0.05) is 23.8 Å². The molecule has 4 aromatic rings. The summed E-state index contributed by atoms with van der Waals surface area (Å²) in [6, 6.07) is 7.36. The predicted molar refractivity (Wildman–Crippen MR) is 127 cm³/mol. The molecule has 3 aromatic heterocycles.